The second-order valence-corrected chi connectivity index (χ2v) is 5.13. The normalized spacial score (nSPS) is 11.6. The van der Waals surface area contributed by atoms with Gasteiger partial charge in [0.25, 0.3) is 0 Å². The molecule has 84 valence electrons. The Balaban J connectivity index is 2.37. The van der Waals surface area contributed by atoms with Gasteiger partial charge in [-0.2, -0.15) is 0 Å². The molecule has 2 aromatic rings. The summed E-state index contributed by atoms with van der Waals surface area (Å²) in [5.74, 6) is -0.973. The van der Waals surface area contributed by atoms with Crippen molar-refractivity contribution in [1.29, 1.82) is 0 Å². The molecular formula is C10H8FNO3S. The highest BCUT2D eigenvalue weighted by Crippen LogP contribution is 2.18. The summed E-state index contributed by atoms with van der Waals surface area (Å²) in [5, 5.41) is 3.39. The van der Waals surface area contributed by atoms with E-state index in [0.29, 0.717) is 0 Å². The number of hydrogen-bond donors (Lipinski definition) is 0. The average Bonchev–Trinajstić information content (AvgIpc) is 2.70. The molecule has 4 nitrogen and oxygen atoms in total. The molecule has 0 bridgehead atoms. The molecule has 0 radical (unpaired) electrons. The number of rotatable bonds is 3. The van der Waals surface area contributed by atoms with Crippen LogP contribution in [0.4, 0.5) is 4.39 Å². The molecule has 0 saturated carbocycles. The number of halogens is 1. The van der Waals surface area contributed by atoms with Gasteiger partial charge in [0.1, 0.15) is 16.5 Å². The second kappa shape index (κ2) is 4.05. The lowest BCUT2D eigenvalue weighted by Gasteiger charge is -2.02. The molecule has 16 heavy (non-hydrogen) atoms. The lowest BCUT2D eigenvalue weighted by Crippen LogP contribution is -2.06. The maximum atomic E-state index is 13.3. The summed E-state index contributed by atoms with van der Waals surface area (Å²) in [5.41, 5.74) is 0. The van der Waals surface area contributed by atoms with E-state index < -0.39 is 21.4 Å². The van der Waals surface area contributed by atoms with Gasteiger partial charge in [0.05, 0.1) is 6.20 Å². The second-order valence-electron chi connectivity index (χ2n) is 3.17. The van der Waals surface area contributed by atoms with Crippen LogP contribution in [0.3, 0.4) is 0 Å². The molecule has 0 N–H and O–H groups in total. The van der Waals surface area contributed by atoms with Crippen LogP contribution in [-0.2, 0) is 15.6 Å². The molecule has 0 aliphatic rings. The van der Waals surface area contributed by atoms with Crippen molar-refractivity contribution in [3.05, 3.63) is 48.1 Å². The van der Waals surface area contributed by atoms with Gasteiger partial charge in [0.2, 0.25) is 0 Å². The molecule has 0 spiro atoms. The third kappa shape index (κ3) is 2.11. The van der Waals surface area contributed by atoms with Crippen molar-refractivity contribution in [3.8, 4) is 0 Å². The molecule has 0 aliphatic heterocycles. The first-order valence-corrected chi connectivity index (χ1v) is 6.12. The van der Waals surface area contributed by atoms with Gasteiger partial charge in [-0.1, -0.05) is 17.3 Å². The fourth-order valence-electron chi connectivity index (χ4n) is 1.28. The zero-order chi connectivity index (χ0) is 11.6. The third-order valence-electron chi connectivity index (χ3n) is 2.00. The minimum atomic E-state index is -3.72. The van der Waals surface area contributed by atoms with Crippen molar-refractivity contribution in [2.24, 2.45) is 0 Å². The third-order valence-corrected chi connectivity index (χ3v) is 3.66. The van der Waals surface area contributed by atoms with E-state index >= 15 is 0 Å². The summed E-state index contributed by atoms with van der Waals surface area (Å²) in [6, 6.07) is 6.66. The Labute approximate surface area is 91.6 Å². The van der Waals surface area contributed by atoms with Gasteiger partial charge < -0.3 is 4.52 Å². The number of hydrogen-bond acceptors (Lipinski definition) is 4. The Bertz CT molecular complexity index is 578. The van der Waals surface area contributed by atoms with Gasteiger partial charge in [0.15, 0.2) is 15.6 Å². The highest BCUT2D eigenvalue weighted by molar-refractivity contribution is 7.90. The van der Waals surface area contributed by atoms with Crippen molar-refractivity contribution in [1.82, 2.24) is 5.16 Å². The van der Waals surface area contributed by atoms with E-state index in [0.717, 1.165) is 6.07 Å². The average molecular weight is 241 g/mol. The van der Waals surface area contributed by atoms with Crippen LogP contribution in [0.1, 0.15) is 5.76 Å². The molecule has 2 rings (SSSR count). The van der Waals surface area contributed by atoms with E-state index in [9.17, 15) is 12.8 Å². The molecule has 0 amide bonds. The first kappa shape index (κ1) is 10.8. The van der Waals surface area contributed by atoms with Crippen molar-refractivity contribution < 1.29 is 17.3 Å². The zero-order valence-corrected chi connectivity index (χ0v) is 8.95. The molecule has 1 aromatic heterocycles. The van der Waals surface area contributed by atoms with E-state index in [-0.39, 0.29) is 10.7 Å². The minimum absolute atomic E-state index is 0.184. The molecular weight excluding hydrogens is 233 g/mol. The monoisotopic (exact) mass is 241 g/mol. The Morgan fingerprint density at radius 3 is 2.62 bits per heavy atom. The van der Waals surface area contributed by atoms with E-state index in [1.807, 2.05) is 0 Å². The van der Waals surface area contributed by atoms with Crippen LogP contribution < -0.4 is 0 Å². The van der Waals surface area contributed by atoms with E-state index in [2.05, 4.69) is 9.68 Å². The van der Waals surface area contributed by atoms with Crippen LogP contribution in [0.25, 0.3) is 0 Å². The lowest BCUT2D eigenvalue weighted by molar-refractivity contribution is 0.392. The van der Waals surface area contributed by atoms with Crippen LogP contribution in [-0.4, -0.2) is 13.6 Å². The van der Waals surface area contributed by atoms with Crippen LogP contribution in [0.2, 0.25) is 0 Å². The number of nitrogens with zero attached hydrogens (tertiary/aromatic N) is 1. The summed E-state index contributed by atoms with van der Waals surface area (Å²) in [6.07, 6.45) is 1.34. The van der Waals surface area contributed by atoms with Gasteiger partial charge in [-0.3, -0.25) is 0 Å². The molecule has 0 fully saturated rings. The van der Waals surface area contributed by atoms with Crippen molar-refractivity contribution in [2.75, 3.05) is 0 Å². The Morgan fingerprint density at radius 1 is 1.25 bits per heavy atom. The molecule has 1 aromatic carbocycles. The summed E-state index contributed by atoms with van der Waals surface area (Å²) in [6.45, 7) is 0. The maximum Gasteiger partial charge on any atom is 0.188 e. The number of benzene rings is 1. The number of sulfone groups is 1. The van der Waals surface area contributed by atoms with Crippen LogP contribution in [0.15, 0.2) is 45.9 Å². The van der Waals surface area contributed by atoms with Crippen LogP contribution in [0, 0.1) is 5.82 Å². The molecule has 0 unspecified atom stereocenters. The zero-order valence-electron chi connectivity index (χ0n) is 8.13. The summed E-state index contributed by atoms with van der Waals surface area (Å²) >= 11 is 0. The Hall–Kier alpha value is -1.69. The van der Waals surface area contributed by atoms with Gasteiger partial charge in [0, 0.05) is 6.07 Å². The fraction of sp³-hybridized carbons (Fsp3) is 0.100. The standard InChI is InChI=1S/C10H8FNO3S/c11-9-3-1-2-4-10(9)16(13,14)7-8-5-6-12-15-8/h1-6H,7H2. The van der Waals surface area contributed by atoms with Crippen molar-refractivity contribution >= 4 is 9.84 Å². The first-order valence-electron chi connectivity index (χ1n) is 4.46. The smallest absolute Gasteiger partial charge is 0.188 e. The highest BCUT2D eigenvalue weighted by Gasteiger charge is 2.20. The largest absolute Gasteiger partial charge is 0.360 e. The summed E-state index contributed by atoms with van der Waals surface area (Å²) in [4.78, 5) is -0.327. The minimum Gasteiger partial charge on any atom is -0.360 e. The highest BCUT2D eigenvalue weighted by atomic mass is 32.2. The predicted octanol–water partition coefficient (Wildman–Crippen LogP) is 1.79. The first-order chi connectivity index (χ1) is 7.59. The van der Waals surface area contributed by atoms with E-state index in [1.165, 1.54) is 30.5 Å². The van der Waals surface area contributed by atoms with Crippen LogP contribution >= 0.6 is 0 Å². The Kier molecular flexibility index (Phi) is 2.74. The maximum absolute atomic E-state index is 13.3. The van der Waals surface area contributed by atoms with E-state index in [4.69, 9.17) is 0 Å². The van der Waals surface area contributed by atoms with Crippen LogP contribution in [0.5, 0.6) is 0 Å². The van der Waals surface area contributed by atoms with Gasteiger partial charge >= 0.3 is 0 Å². The summed E-state index contributed by atoms with van der Waals surface area (Å²) in [7, 11) is -3.72. The van der Waals surface area contributed by atoms with Gasteiger partial charge in [-0.15, -0.1) is 0 Å². The molecule has 0 atom stereocenters. The lowest BCUT2D eigenvalue weighted by atomic mass is 10.3. The molecule has 1 heterocycles. The fourth-order valence-corrected chi connectivity index (χ4v) is 2.61. The molecule has 6 heteroatoms. The molecule has 0 saturated heterocycles. The quantitative estimate of drug-likeness (QED) is 0.821. The van der Waals surface area contributed by atoms with Crippen molar-refractivity contribution in [2.45, 2.75) is 10.6 Å². The van der Waals surface area contributed by atoms with Crippen molar-refractivity contribution in [3.63, 3.8) is 0 Å². The SMILES string of the molecule is O=S(=O)(Cc1ccno1)c1ccccc1F. The van der Waals surface area contributed by atoms with Gasteiger partial charge in [-0.25, -0.2) is 12.8 Å². The molecule has 0 aliphatic carbocycles. The Morgan fingerprint density at radius 2 is 2.00 bits per heavy atom. The van der Waals surface area contributed by atoms with E-state index in [1.54, 1.807) is 0 Å². The predicted molar refractivity (Wildman–Crippen MR) is 53.8 cm³/mol. The van der Waals surface area contributed by atoms with Gasteiger partial charge in [-0.05, 0) is 12.1 Å². The topological polar surface area (TPSA) is 60.2 Å². The number of aromatic nitrogens is 1. The summed E-state index contributed by atoms with van der Waals surface area (Å²) < 4.78 is 41.6.